The lowest BCUT2D eigenvalue weighted by molar-refractivity contribution is -0.236. The number of carbonyl (C=O) groups is 2. The number of aliphatic hydroxyl groups excluding tert-OH is 1. The molecule has 2 aromatic carbocycles. The molecule has 0 saturated carbocycles. The number of amides is 1. The third-order valence-corrected chi connectivity index (χ3v) is 5.00. The summed E-state index contributed by atoms with van der Waals surface area (Å²) in [4.78, 5) is 33.1. The lowest BCUT2D eigenvalue weighted by Gasteiger charge is -2.22. The van der Waals surface area contributed by atoms with Gasteiger partial charge >= 0.3 is 12.1 Å². The minimum absolute atomic E-state index is 0.0238. The predicted octanol–water partition coefficient (Wildman–Crippen LogP) is 3.66. The number of aryl methyl sites for hydroxylation is 1. The number of ether oxygens (including phenoxy) is 1. The molecule has 1 heterocycles. The number of hydrogen-bond acceptors (Lipinski definition) is 6. The van der Waals surface area contributed by atoms with E-state index in [0.29, 0.717) is 22.6 Å². The fourth-order valence-electron chi connectivity index (χ4n) is 3.35. The van der Waals surface area contributed by atoms with E-state index in [9.17, 15) is 27.9 Å². The van der Waals surface area contributed by atoms with Crippen LogP contribution in [0.3, 0.4) is 0 Å². The molecule has 0 atom stereocenters. The number of hydroxylamine groups is 2. The van der Waals surface area contributed by atoms with Crippen molar-refractivity contribution in [2.45, 2.75) is 19.5 Å². The van der Waals surface area contributed by atoms with Gasteiger partial charge in [-0.1, -0.05) is 36.4 Å². The van der Waals surface area contributed by atoms with Crippen molar-refractivity contribution in [1.29, 1.82) is 0 Å². The maximum Gasteiger partial charge on any atom is 0.493 e. The number of hydrogen-bond donors (Lipinski definition) is 1. The standard InChI is InChI=1S/C25H24F3N3O5/c1-17-15-30(16-29-17)21-9-8-19(14-22(21)35-2)13-20(12-18-6-4-3-5-7-18)23(33)31(10-11-32)36-24(34)25(26,27)28/h3-9,13-16,32H,10-12H2,1-2H3/b20-13+. The molecule has 0 aliphatic rings. The van der Waals surface area contributed by atoms with Gasteiger partial charge in [0.25, 0.3) is 5.91 Å². The van der Waals surface area contributed by atoms with Gasteiger partial charge in [0.15, 0.2) is 0 Å². The molecule has 0 unspecified atom stereocenters. The SMILES string of the molecule is COc1cc(/C=C(\Cc2ccccc2)C(=O)N(CCO)OC(=O)C(F)(F)F)ccc1-n1cnc(C)c1. The van der Waals surface area contributed by atoms with Gasteiger partial charge < -0.3 is 19.2 Å². The smallest absolute Gasteiger partial charge is 0.493 e. The molecule has 0 bridgehead atoms. The fourth-order valence-corrected chi connectivity index (χ4v) is 3.35. The molecule has 0 spiro atoms. The molecule has 1 N–H and O–H groups in total. The molecule has 0 aliphatic heterocycles. The summed E-state index contributed by atoms with van der Waals surface area (Å²) in [6, 6.07) is 13.8. The topological polar surface area (TPSA) is 93.9 Å². The second-order valence-electron chi connectivity index (χ2n) is 7.69. The van der Waals surface area contributed by atoms with Gasteiger partial charge in [-0.05, 0) is 36.3 Å². The summed E-state index contributed by atoms with van der Waals surface area (Å²) < 4.78 is 45.5. The van der Waals surface area contributed by atoms with E-state index in [1.165, 1.54) is 13.2 Å². The number of carbonyl (C=O) groups excluding carboxylic acids is 2. The predicted molar refractivity (Wildman–Crippen MR) is 124 cm³/mol. The minimum atomic E-state index is -5.31. The number of methoxy groups -OCH3 is 1. The van der Waals surface area contributed by atoms with Gasteiger partial charge in [-0.2, -0.15) is 18.2 Å². The molecule has 3 aromatic rings. The van der Waals surface area contributed by atoms with E-state index in [4.69, 9.17) is 4.74 Å². The molecule has 0 saturated heterocycles. The van der Waals surface area contributed by atoms with Crippen LogP contribution in [0.25, 0.3) is 11.8 Å². The number of nitrogens with zero attached hydrogens (tertiary/aromatic N) is 3. The van der Waals surface area contributed by atoms with Crippen LogP contribution in [-0.2, 0) is 20.8 Å². The van der Waals surface area contributed by atoms with Crippen LogP contribution >= 0.6 is 0 Å². The fraction of sp³-hybridized carbons (Fsp3) is 0.240. The summed E-state index contributed by atoms with van der Waals surface area (Å²) in [7, 11) is 1.48. The van der Waals surface area contributed by atoms with Crippen LogP contribution in [0.5, 0.6) is 5.75 Å². The summed E-state index contributed by atoms with van der Waals surface area (Å²) in [6.07, 6.45) is -0.400. The van der Waals surface area contributed by atoms with E-state index >= 15 is 0 Å². The molecule has 1 amide bonds. The molecular weight excluding hydrogens is 479 g/mol. The first kappa shape index (κ1) is 26.5. The van der Waals surface area contributed by atoms with Crippen molar-refractivity contribution >= 4 is 18.0 Å². The van der Waals surface area contributed by atoms with Crippen molar-refractivity contribution in [3.8, 4) is 11.4 Å². The Morgan fingerprint density at radius 1 is 1.17 bits per heavy atom. The number of imidazole rings is 1. The number of aromatic nitrogens is 2. The van der Waals surface area contributed by atoms with E-state index in [0.717, 1.165) is 5.69 Å². The average molecular weight is 503 g/mol. The highest BCUT2D eigenvalue weighted by Crippen LogP contribution is 2.27. The van der Waals surface area contributed by atoms with Crippen molar-refractivity contribution in [1.82, 2.24) is 14.6 Å². The Balaban J connectivity index is 2.01. The lowest BCUT2D eigenvalue weighted by atomic mass is 10.0. The second kappa shape index (κ2) is 11.5. The lowest BCUT2D eigenvalue weighted by Crippen LogP contribution is -2.41. The summed E-state index contributed by atoms with van der Waals surface area (Å²) >= 11 is 0. The number of alkyl halides is 3. The monoisotopic (exact) mass is 503 g/mol. The van der Waals surface area contributed by atoms with Crippen molar-refractivity contribution < 1.29 is 37.4 Å². The van der Waals surface area contributed by atoms with E-state index in [1.54, 1.807) is 65.6 Å². The molecule has 11 heteroatoms. The van der Waals surface area contributed by atoms with E-state index < -0.39 is 31.2 Å². The third-order valence-electron chi connectivity index (χ3n) is 5.00. The average Bonchev–Trinajstić information content (AvgIpc) is 3.28. The van der Waals surface area contributed by atoms with Gasteiger partial charge in [-0.15, -0.1) is 0 Å². The highest BCUT2D eigenvalue weighted by Gasteiger charge is 2.43. The van der Waals surface area contributed by atoms with E-state index in [1.807, 2.05) is 6.92 Å². The number of aliphatic hydroxyl groups is 1. The normalized spacial score (nSPS) is 11.8. The summed E-state index contributed by atoms with van der Waals surface area (Å²) in [6.45, 7) is 0.475. The summed E-state index contributed by atoms with van der Waals surface area (Å²) in [5.74, 6) is -3.10. The molecule has 1 aromatic heterocycles. The first-order valence-electron chi connectivity index (χ1n) is 10.8. The van der Waals surface area contributed by atoms with Crippen LogP contribution in [0.4, 0.5) is 13.2 Å². The zero-order chi connectivity index (χ0) is 26.3. The highest BCUT2D eigenvalue weighted by atomic mass is 19.4. The quantitative estimate of drug-likeness (QED) is 0.373. The van der Waals surface area contributed by atoms with Crippen LogP contribution in [0.2, 0.25) is 0 Å². The maximum atomic E-state index is 13.2. The summed E-state index contributed by atoms with van der Waals surface area (Å²) in [5, 5.41) is 9.47. The number of halogens is 3. The Morgan fingerprint density at radius 2 is 1.89 bits per heavy atom. The molecule has 0 fully saturated rings. The van der Waals surface area contributed by atoms with Crippen LogP contribution in [0, 0.1) is 6.92 Å². The van der Waals surface area contributed by atoms with Gasteiger partial charge in [0, 0.05) is 18.2 Å². The number of benzene rings is 2. The maximum absolute atomic E-state index is 13.2. The molecule has 8 nitrogen and oxygen atoms in total. The van der Waals surface area contributed by atoms with Crippen molar-refractivity contribution in [2.75, 3.05) is 20.3 Å². The van der Waals surface area contributed by atoms with Crippen LogP contribution in [0.15, 0.2) is 66.6 Å². The van der Waals surface area contributed by atoms with E-state index in [-0.39, 0.29) is 17.1 Å². The minimum Gasteiger partial charge on any atom is -0.495 e. The molecule has 0 aliphatic carbocycles. The van der Waals surface area contributed by atoms with Gasteiger partial charge in [0.05, 0.1) is 38.0 Å². The van der Waals surface area contributed by atoms with Gasteiger partial charge in [-0.25, -0.2) is 9.78 Å². The zero-order valence-electron chi connectivity index (χ0n) is 19.5. The zero-order valence-corrected chi connectivity index (χ0v) is 19.5. The van der Waals surface area contributed by atoms with Gasteiger partial charge in [-0.3, -0.25) is 4.79 Å². The van der Waals surface area contributed by atoms with Crippen LogP contribution < -0.4 is 4.74 Å². The third kappa shape index (κ3) is 6.72. The first-order valence-corrected chi connectivity index (χ1v) is 10.8. The molecular formula is C25H24F3N3O5. The number of rotatable bonds is 8. The Hall–Kier alpha value is -4.12. The Kier molecular flexibility index (Phi) is 8.49. The molecule has 0 radical (unpaired) electrons. The highest BCUT2D eigenvalue weighted by molar-refractivity contribution is 5.98. The molecule has 36 heavy (non-hydrogen) atoms. The molecule has 3 rings (SSSR count). The van der Waals surface area contributed by atoms with Gasteiger partial charge in [0.1, 0.15) is 5.75 Å². The largest absolute Gasteiger partial charge is 0.495 e. The summed E-state index contributed by atoms with van der Waals surface area (Å²) in [5.41, 5.74) is 2.72. The Morgan fingerprint density at radius 3 is 2.47 bits per heavy atom. The van der Waals surface area contributed by atoms with Crippen molar-refractivity contribution in [2.24, 2.45) is 0 Å². The van der Waals surface area contributed by atoms with Crippen molar-refractivity contribution in [3.05, 3.63) is 83.4 Å². The van der Waals surface area contributed by atoms with Crippen LogP contribution in [-0.4, -0.2) is 58.0 Å². The van der Waals surface area contributed by atoms with Crippen molar-refractivity contribution in [3.63, 3.8) is 0 Å². The van der Waals surface area contributed by atoms with Crippen LogP contribution in [0.1, 0.15) is 16.8 Å². The second-order valence-corrected chi connectivity index (χ2v) is 7.69. The Labute approximate surface area is 205 Å². The Bertz CT molecular complexity index is 1240. The van der Waals surface area contributed by atoms with Gasteiger partial charge in [0.2, 0.25) is 0 Å². The van der Waals surface area contributed by atoms with E-state index in [2.05, 4.69) is 9.82 Å². The first-order chi connectivity index (χ1) is 17.1. The molecule has 190 valence electrons.